The molecule has 0 aliphatic heterocycles. The number of para-hydroxylation sites is 2. The quantitative estimate of drug-likeness (QED) is 0.290. The van der Waals surface area contributed by atoms with Gasteiger partial charge in [0.05, 0.1) is 11.3 Å². The number of amides is 1. The van der Waals surface area contributed by atoms with Gasteiger partial charge in [-0.25, -0.2) is 0 Å². The van der Waals surface area contributed by atoms with E-state index in [1.807, 2.05) is 48.7 Å². The van der Waals surface area contributed by atoms with Crippen molar-refractivity contribution in [1.82, 2.24) is 19.7 Å². The predicted octanol–water partition coefficient (Wildman–Crippen LogP) is 6.08. The first-order valence-electron chi connectivity index (χ1n) is 11.0. The van der Waals surface area contributed by atoms with Crippen LogP contribution >= 0.6 is 11.8 Å². The molecule has 3 heterocycles. The number of thioether (sulfide) groups is 1. The van der Waals surface area contributed by atoms with Gasteiger partial charge in [0.1, 0.15) is 0 Å². The lowest BCUT2D eigenvalue weighted by Gasteiger charge is -2.06. The van der Waals surface area contributed by atoms with E-state index in [1.165, 1.54) is 22.7 Å². The first-order chi connectivity index (χ1) is 16.7. The van der Waals surface area contributed by atoms with Gasteiger partial charge in [0, 0.05) is 51.1 Å². The number of hydrogen-bond acceptors (Lipinski definition) is 5. The Labute approximate surface area is 199 Å². The number of aromatic amines is 1. The Hall–Kier alpha value is -4.04. The second-order valence-electron chi connectivity index (χ2n) is 7.95. The zero-order valence-electron chi connectivity index (χ0n) is 18.4. The largest absolute Gasteiger partial charge is 0.411 e. The Balaban J connectivity index is 1.17. The summed E-state index contributed by atoms with van der Waals surface area (Å²) in [6.07, 6.45) is 1.85. The van der Waals surface area contributed by atoms with Gasteiger partial charge in [-0.3, -0.25) is 4.79 Å². The van der Waals surface area contributed by atoms with Crippen LogP contribution in [0.4, 0.5) is 5.69 Å². The monoisotopic (exact) mass is 467 g/mol. The second kappa shape index (κ2) is 8.39. The van der Waals surface area contributed by atoms with E-state index < -0.39 is 0 Å². The van der Waals surface area contributed by atoms with Crippen LogP contribution in [-0.2, 0) is 11.3 Å². The van der Waals surface area contributed by atoms with Crippen molar-refractivity contribution in [2.24, 2.45) is 0 Å². The molecule has 0 atom stereocenters. The summed E-state index contributed by atoms with van der Waals surface area (Å²) in [7, 11) is 0. The number of carbonyl (C=O) groups is 1. The van der Waals surface area contributed by atoms with Gasteiger partial charge in [-0.1, -0.05) is 48.2 Å². The van der Waals surface area contributed by atoms with Crippen LogP contribution < -0.4 is 5.32 Å². The second-order valence-corrected chi connectivity index (χ2v) is 8.88. The maximum Gasteiger partial charge on any atom is 0.277 e. The highest BCUT2D eigenvalue weighted by Gasteiger charge is 2.15. The lowest BCUT2D eigenvalue weighted by molar-refractivity contribution is -0.113. The highest BCUT2D eigenvalue weighted by Crippen LogP contribution is 2.32. The number of rotatable bonds is 6. The van der Waals surface area contributed by atoms with E-state index in [9.17, 15) is 4.79 Å². The molecule has 8 heteroatoms. The maximum absolute atomic E-state index is 12.6. The summed E-state index contributed by atoms with van der Waals surface area (Å²) >= 11 is 1.22. The van der Waals surface area contributed by atoms with Crippen LogP contribution in [0, 0.1) is 0 Å². The van der Waals surface area contributed by atoms with Crippen LogP contribution in [0.25, 0.3) is 44.2 Å². The van der Waals surface area contributed by atoms with Crippen LogP contribution in [0.2, 0.25) is 0 Å². The lowest BCUT2D eigenvalue weighted by atomic mass is 10.1. The molecule has 3 aromatic carbocycles. The maximum atomic E-state index is 12.6. The molecule has 2 N–H and O–H groups in total. The molecule has 168 valence electrons. The van der Waals surface area contributed by atoms with Gasteiger partial charge in [-0.15, -0.1) is 10.2 Å². The van der Waals surface area contributed by atoms with E-state index in [-0.39, 0.29) is 11.7 Å². The minimum atomic E-state index is -0.129. The number of aromatic nitrogens is 4. The SMILES string of the molecule is CCn1c2ccccc2c2cc(NC(=O)CSc3nnc(-c4c[nH]c5ccccc45)o3)ccc21. The van der Waals surface area contributed by atoms with E-state index in [0.717, 1.165) is 39.6 Å². The Bertz CT molecular complexity index is 1660. The molecule has 34 heavy (non-hydrogen) atoms. The van der Waals surface area contributed by atoms with E-state index in [0.29, 0.717) is 11.1 Å². The minimum absolute atomic E-state index is 0.129. The molecule has 6 aromatic rings. The average Bonchev–Trinajstić information content (AvgIpc) is 3.58. The molecule has 0 unspecified atom stereocenters. The minimum Gasteiger partial charge on any atom is -0.411 e. The topological polar surface area (TPSA) is 88.7 Å². The molecular formula is C26H21N5O2S. The molecule has 0 aliphatic carbocycles. The molecule has 6 rings (SSSR count). The number of benzene rings is 3. The van der Waals surface area contributed by atoms with Crippen molar-refractivity contribution >= 4 is 56.1 Å². The van der Waals surface area contributed by atoms with Crippen molar-refractivity contribution in [3.8, 4) is 11.5 Å². The fraction of sp³-hybridized carbons (Fsp3) is 0.115. The van der Waals surface area contributed by atoms with Crippen molar-refractivity contribution in [2.45, 2.75) is 18.7 Å². The van der Waals surface area contributed by atoms with Gasteiger partial charge in [-0.05, 0) is 37.3 Å². The van der Waals surface area contributed by atoms with Gasteiger partial charge >= 0.3 is 0 Å². The summed E-state index contributed by atoms with van der Waals surface area (Å²) < 4.78 is 8.08. The standard InChI is InChI=1S/C26H21N5O2S/c1-2-31-22-10-6-4-8-18(22)19-13-16(11-12-23(19)31)28-24(32)15-34-26-30-29-25(33-26)20-14-27-21-9-5-3-7-17(20)21/h3-14,27H,2,15H2,1H3,(H,28,32). The molecule has 0 bridgehead atoms. The predicted molar refractivity (Wildman–Crippen MR) is 136 cm³/mol. The van der Waals surface area contributed by atoms with E-state index in [4.69, 9.17) is 4.42 Å². The van der Waals surface area contributed by atoms with Gasteiger partial charge < -0.3 is 19.3 Å². The van der Waals surface area contributed by atoms with Gasteiger partial charge in [0.15, 0.2) is 0 Å². The third-order valence-electron chi connectivity index (χ3n) is 5.93. The summed E-state index contributed by atoms with van der Waals surface area (Å²) in [5.74, 6) is 0.470. The van der Waals surface area contributed by atoms with Crippen molar-refractivity contribution in [3.63, 3.8) is 0 Å². The number of nitrogens with one attached hydrogen (secondary N) is 2. The highest BCUT2D eigenvalue weighted by molar-refractivity contribution is 7.99. The van der Waals surface area contributed by atoms with E-state index >= 15 is 0 Å². The van der Waals surface area contributed by atoms with Crippen LogP contribution in [0.3, 0.4) is 0 Å². The molecule has 3 aromatic heterocycles. The number of H-pyrrole nitrogens is 1. The molecule has 7 nitrogen and oxygen atoms in total. The average molecular weight is 468 g/mol. The highest BCUT2D eigenvalue weighted by atomic mass is 32.2. The Kier molecular flexibility index (Phi) is 5.07. The normalized spacial score (nSPS) is 11.6. The Morgan fingerprint density at radius 3 is 2.68 bits per heavy atom. The summed E-state index contributed by atoms with van der Waals surface area (Å²) in [6, 6.07) is 22.3. The first kappa shape index (κ1) is 20.6. The van der Waals surface area contributed by atoms with Crippen molar-refractivity contribution in [3.05, 3.63) is 72.9 Å². The molecule has 0 fully saturated rings. The van der Waals surface area contributed by atoms with E-state index in [2.05, 4.69) is 56.3 Å². The van der Waals surface area contributed by atoms with Crippen molar-refractivity contribution in [1.29, 1.82) is 0 Å². The molecule has 0 saturated heterocycles. The van der Waals surface area contributed by atoms with Crippen LogP contribution in [0.1, 0.15) is 6.92 Å². The Morgan fingerprint density at radius 1 is 1.00 bits per heavy atom. The number of fused-ring (bicyclic) bond motifs is 4. The molecule has 1 amide bonds. The summed E-state index contributed by atoms with van der Waals surface area (Å²) in [4.78, 5) is 15.8. The lowest BCUT2D eigenvalue weighted by Crippen LogP contribution is -2.13. The van der Waals surface area contributed by atoms with Crippen LogP contribution in [0.15, 0.2) is 82.6 Å². The van der Waals surface area contributed by atoms with Gasteiger partial charge in [-0.2, -0.15) is 0 Å². The third-order valence-corrected chi connectivity index (χ3v) is 6.74. The first-order valence-corrected chi connectivity index (χ1v) is 12.0. The van der Waals surface area contributed by atoms with Crippen molar-refractivity contribution in [2.75, 3.05) is 11.1 Å². The molecular weight excluding hydrogens is 446 g/mol. The molecule has 0 aliphatic rings. The smallest absolute Gasteiger partial charge is 0.277 e. The summed E-state index contributed by atoms with van der Waals surface area (Å²) in [5.41, 5.74) is 4.97. The van der Waals surface area contributed by atoms with Gasteiger partial charge in [0.25, 0.3) is 11.1 Å². The fourth-order valence-corrected chi connectivity index (χ4v) is 4.99. The number of anilines is 1. The molecule has 0 saturated carbocycles. The van der Waals surface area contributed by atoms with Crippen LogP contribution in [0.5, 0.6) is 0 Å². The fourth-order valence-electron chi connectivity index (χ4n) is 4.42. The zero-order valence-corrected chi connectivity index (χ0v) is 19.2. The Morgan fingerprint density at radius 2 is 1.79 bits per heavy atom. The third kappa shape index (κ3) is 3.52. The van der Waals surface area contributed by atoms with E-state index in [1.54, 1.807) is 0 Å². The van der Waals surface area contributed by atoms with Crippen molar-refractivity contribution < 1.29 is 9.21 Å². The number of aryl methyl sites for hydroxylation is 1. The summed E-state index contributed by atoms with van der Waals surface area (Å²) in [6.45, 7) is 3.03. The van der Waals surface area contributed by atoms with Gasteiger partial charge in [0.2, 0.25) is 5.91 Å². The zero-order chi connectivity index (χ0) is 23.1. The number of nitrogens with zero attached hydrogens (tertiary/aromatic N) is 3. The number of carbonyl (C=O) groups excluding carboxylic acids is 1. The summed E-state index contributed by atoms with van der Waals surface area (Å²) in [5, 5.41) is 14.9. The van der Waals surface area contributed by atoms with Crippen LogP contribution in [-0.4, -0.2) is 31.4 Å². The molecule has 0 radical (unpaired) electrons. The number of hydrogen-bond donors (Lipinski definition) is 2. The molecule has 0 spiro atoms.